The van der Waals surface area contributed by atoms with Crippen LogP contribution in [0.25, 0.3) is 5.57 Å². The van der Waals surface area contributed by atoms with E-state index in [-0.39, 0.29) is 5.82 Å². The van der Waals surface area contributed by atoms with Crippen molar-refractivity contribution in [1.29, 1.82) is 0 Å². The molecule has 3 rings (SSSR count). The van der Waals surface area contributed by atoms with Gasteiger partial charge in [0.15, 0.2) is 0 Å². The predicted octanol–water partition coefficient (Wildman–Crippen LogP) is 8.33. The molecular formula is C31H45FN4. The fourth-order valence-electron chi connectivity index (χ4n) is 4.25. The van der Waals surface area contributed by atoms with Crippen LogP contribution < -0.4 is 5.32 Å². The zero-order valence-electron chi connectivity index (χ0n) is 23.8. The van der Waals surface area contributed by atoms with E-state index in [1.807, 2.05) is 53.0 Å². The van der Waals surface area contributed by atoms with Crippen molar-refractivity contribution in [2.75, 3.05) is 25.5 Å². The van der Waals surface area contributed by atoms with Gasteiger partial charge >= 0.3 is 0 Å². The van der Waals surface area contributed by atoms with E-state index < -0.39 is 0 Å². The van der Waals surface area contributed by atoms with Gasteiger partial charge in [-0.05, 0) is 108 Å². The molecule has 0 atom stereocenters. The summed E-state index contributed by atoms with van der Waals surface area (Å²) in [7, 11) is 2.16. The van der Waals surface area contributed by atoms with Gasteiger partial charge in [0.25, 0.3) is 0 Å². The molecule has 0 bridgehead atoms. The SMILES string of the molecule is C=C(Nc1cnc(C)c(/C(=C\C)c2cc(C)c(N=C(C)C)c(F)c2)c1)C1CCN(C)CC1.CC(C)C. The molecule has 36 heavy (non-hydrogen) atoms. The van der Waals surface area contributed by atoms with E-state index in [0.29, 0.717) is 11.6 Å². The van der Waals surface area contributed by atoms with Crippen LogP contribution in [0.1, 0.15) is 76.8 Å². The van der Waals surface area contributed by atoms with Crippen LogP contribution in [0.3, 0.4) is 0 Å². The van der Waals surface area contributed by atoms with Crippen LogP contribution in [-0.4, -0.2) is 35.7 Å². The number of nitrogens with zero attached hydrogens (tertiary/aromatic N) is 3. The minimum absolute atomic E-state index is 0.309. The van der Waals surface area contributed by atoms with Gasteiger partial charge in [-0.15, -0.1) is 0 Å². The zero-order chi connectivity index (χ0) is 27.0. The molecule has 1 saturated heterocycles. The summed E-state index contributed by atoms with van der Waals surface area (Å²) in [4.78, 5) is 11.3. The predicted molar refractivity (Wildman–Crippen MR) is 155 cm³/mol. The Balaban J connectivity index is 0.00000106. The number of hydrogen-bond acceptors (Lipinski definition) is 4. The standard InChI is InChI=1S/C27H35FN4.C4H10/c1-8-24(22-13-18(4)27(26(28)14-22)30-17(2)3)25-15-23(16-29-20(25)6)31-19(5)21-9-11-32(7)12-10-21;1-4(2)3/h8,13-16,21,31H,5,9-12H2,1-4,6-7H3;4H,1-3H3/b24-8-;. The number of likely N-dealkylation sites (tertiary alicyclic amines) is 1. The number of aliphatic imine (C=N–C) groups is 1. The Kier molecular flexibility index (Phi) is 11.0. The summed E-state index contributed by atoms with van der Waals surface area (Å²) >= 11 is 0. The number of hydrogen-bond donors (Lipinski definition) is 1. The number of piperidine rings is 1. The fourth-order valence-corrected chi connectivity index (χ4v) is 4.25. The maximum absolute atomic E-state index is 14.9. The van der Waals surface area contributed by atoms with Crippen LogP contribution in [0.5, 0.6) is 0 Å². The van der Waals surface area contributed by atoms with E-state index in [0.717, 1.165) is 76.9 Å². The van der Waals surface area contributed by atoms with Crippen LogP contribution in [0.4, 0.5) is 15.8 Å². The van der Waals surface area contributed by atoms with Crippen molar-refractivity contribution < 1.29 is 4.39 Å². The van der Waals surface area contributed by atoms with Crippen LogP contribution in [0, 0.1) is 31.5 Å². The lowest BCUT2D eigenvalue weighted by Gasteiger charge is -2.30. The fraction of sp³-hybridized carbons (Fsp3) is 0.484. The van der Waals surface area contributed by atoms with Crippen molar-refractivity contribution in [1.82, 2.24) is 9.88 Å². The molecule has 1 aliphatic heterocycles. The first-order valence-electron chi connectivity index (χ1n) is 13.0. The molecule has 0 aliphatic carbocycles. The van der Waals surface area contributed by atoms with Gasteiger partial charge in [-0.1, -0.05) is 33.4 Å². The van der Waals surface area contributed by atoms with Gasteiger partial charge in [-0.25, -0.2) is 4.39 Å². The number of aromatic nitrogens is 1. The second-order valence-electron chi connectivity index (χ2n) is 10.7. The third kappa shape index (κ3) is 8.41. The second kappa shape index (κ2) is 13.5. The largest absolute Gasteiger partial charge is 0.358 e. The Hall–Kier alpha value is -2.79. The first kappa shape index (κ1) is 29.4. The van der Waals surface area contributed by atoms with Crippen molar-refractivity contribution in [3.8, 4) is 0 Å². The number of benzene rings is 1. The molecule has 1 N–H and O–H groups in total. The number of rotatable bonds is 6. The third-order valence-electron chi connectivity index (χ3n) is 6.08. The number of halogens is 1. The molecule has 1 aromatic heterocycles. The smallest absolute Gasteiger partial charge is 0.149 e. The van der Waals surface area contributed by atoms with E-state index in [2.05, 4.69) is 60.7 Å². The van der Waals surface area contributed by atoms with Crippen LogP contribution >= 0.6 is 0 Å². The van der Waals surface area contributed by atoms with E-state index >= 15 is 0 Å². The summed E-state index contributed by atoms with van der Waals surface area (Å²) in [6, 6.07) is 5.66. The normalized spacial score (nSPS) is 14.8. The molecule has 2 aromatic rings. The topological polar surface area (TPSA) is 40.5 Å². The minimum Gasteiger partial charge on any atom is -0.358 e. The minimum atomic E-state index is -0.309. The molecule has 1 aliphatic rings. The highest BCUT2D eigenvalue weighted by Gasteiger charge is 2.20. The van der Waals surface area contributed by atoms with Crippen molar-refractivity contribution >= 4 is 22.7 Å². The molecule has 0 amide bonds. The Morgan fingerprint density at radius 1 is 1.17 bits per heavy atom. The molecule has 0 radical (unpaired) electrons. The van der Waals surface area contributed by atoms with Crippen molar-refractivity contribution in [2.24, 2.45) is 16.8 Å². The van der Waals surface area contributed by atoms with Crippen LogP contribution in [0.2, 0.25) is 0 Å². The van der Waals surface area contributed by atoms with Gasteiger partial charge in [0.2, 0.25) is 0 Å². The average molecular weight is 493 g/mol. The molecule has 1 fully saturated rings. The van der Waals surface area contributed by atoms with Gasteiger partial charge in [0.1, 0.15) is 11.5 Å². The number of aryl methyl sites for hydroxylation is 2. The van der Waals surface area contributed by atoms with Gasteiger partial charge in [0, 0.05) is 28.6 Å². The number of nitrogens with one attached hydrogen (secondary N) is 1. The molecular weight excluding hydrogens is 447 g/mol. The maximum atomic E-state index is 14.9. The van der Waals surface area contributed by atoms with Crippen molar-refractivity contribution in [2.45, 2.75) is 68.2 Å². The number of allylic oxidation sites excluding steroid dienone is 2. The molecule has 0 saturated carbocycles. The summed E-state index contributed by atoms with van der Waals surface area (Å²) < 4.78 is 14.9. The highest BCUT2D eigenvalue weighted by atomic mass is 19.1. The summed E-state index contributed by atoms with van der Waals surface area (Å²) in [5.41, 5.74) is 7.66. The lowest BCUT2D eigenvalue weighted by molar-refractivity contribution is 0.239. The summed E-state index contributed by atoms with van der Waals surface area (Å²) in [5.74, 6) is 0.986. The van der Waals surface area contributed by atoms with Gasteiger partial charge < -0.3 is 10.2 Å². The van der Waals surface area contributed by atoms with Gasteiger partial charge in [-0.3, -0.25) is 9.98 Å². The van der Waals surface area contributed by atoms with Crippen molar-refractivity contribution in [3.63, 3.8) is 0 Å². The van der Waals surface area contributed by atoms with Crippen LogP contribution in [0.15, 0.2) is 47.7 Å². The summed E-state index contributed by atoms with van der Waals surface area (Å²) in [6.45, 7) is 22.6. The Bertz CT molecular complexity index is 1080. The first-order valence-corrected chi connectivity index (χ1v) is 13.0. The Morgan fingerprint density at radius 3 is 2.31 bits per heavy atom. The number of pyridine rings is 1. The number of anilines is 1. The van der Waals surface area contributed by atoms with E-state index in [4.69, 9.17) is 0 Å². The monoisotopic (exact) mass is 492 g/mol. The molecule has 1 aromatic carbocycles. The molecule has 0 spiro atoms. The van der Waals surface area contributed by atoms with E-state index in [9.17, 15) is 4.39 Å². The second-order valence-corrected chi connectivity index (χ2v) is 10.7. The van der Waals surface area contributed by atoms with Gasteiger partial charge in [-0.2, -0.15) is 0 Å². The molecule has 2 heterocycles. The molecule has 5 heteroatoms. The third-order valence-corrected chi connectivity index (χ3v) is 6.08. The molecule has 4 nitrogen and oxygen atoms in total. The Labute approximate surface area is 218 Å². The maximum Gasteiger partial charge on any atom is 0.149 e. The lowest BCUT2D eigenvalue weighted by Crippen LogP contribution is -2.31. The molecule has 0 unspecified atom stereocenters. The van der Waals surface area contributed by atoms with Crippen molar-refractivity contribution in [3.05, 3.63) is 70.9 Å². The average Bonchev–Trinajstić information content (AvgIpc) is 2.79. The van der Waals surface area contributed by atoms with E-state index in [1.165, 1.54) is 0 Å². The Morgan fingerprint density at radius 2 is 1.78 bits per heavy atom. The highest BCUT2D eigenvalue weighted by molar-refractivity contribution is 5.85. The van der Waals surface area contributed by atoms with Crippen LogP contribution in [-0.2, 0) is 0 Å². The van der Waals surface area contributed by atoms with E-state index in [1.54, 1.807) is 6.07 Å². The quantitative estimate of drug-likeness (QED) is 0.412. The molecule has 196 valence electrons. The van der Waals surface area contributed by atoms with Gasteiger partial charge in [0.05, 0.1) is 11.9 Å². The summed E-state index contributed by atoms with van der Waals surface area (Å²) in [5, 5.41) is 3.48. The zero-order valence-corrected chi connectivity index (χ0v) is 23.8. The first-order chi connectivity index (χ1) is 16.9. The highest BCUT2D eigenvalue weighted by Crippen LogP contribution is 2.33. The summed E-state index contributed by atoms with van der Waals surface area (Å²) in [6.07, 6.45) is 6.08. The lowest BCUT2D eigenvalue weighted by atomic mass is 9.93.